The normalized spacial score (nSPS) is 23.8. The quantitative estimate of drug-likeness (QED) is 0.641. The van der Waals surface area contributed by atoms with E-state index < -0.39 is 6.09 Å². The number of nitrogens with zero attached hydrogens (tertiary/aromatic N) is 4. The van der Waals surface area contributed by atoms with Crippen LogP contribution in [-0.2, 0) is 6.54 Å². The first-order chi connectivity index (χ1) is 11.7. The highest BCUT2D eigenvalue weighted by Crippen LogP contribution is 2.37. The van der Waals surface area contributed by atoms with Crippen LogP contribution in [0.15, 0.2) is 11.4 Å². The third kappa shape index (κ3) is 3.19. The first-order valence-corrected chi connectivity index (χ1v) is 9.67. The van der Waals surface area contributed by atoms with E-state index in [0.717, 1.165) is 18.4 Å². The maximum Gasteiger partial charge on any atom is 0.407 e. The van der Waals surface area contributed by atoms with Crippen LogP contribution in [-0.4, -0.2) is 61.8 Å². The summed E-state index contributed by atoms with van der Waals surface area (Å²) in [7, 11) is 0. The standard InChI is InChI=1S/C17H24N4O3S/c1-17(2,3)13-11(6-5-7-20(13)16(23)24)21-9-10-8-18-15(25-4)19-12(10)14(21)22/h8,11,13H,5-7,9H2,1-4H3,(H,23,24). The highest BCUT2D eigenvalue weighted by atomic mass is 32.2. The number of hydrogen-bond acceptors (Lipinski definition) is 5. The minimum atomic E-state index is -0.918. The van der Waals surface area contributed by atoms with E-state index in [2.05, 4.69) is 9.97 Å². The smallest absolute Gasteiger partial charge is 0.407 e. The molecule has 0 bridgehead atoms. The van der Waals surface area contributed by atoms with Gasteiger partial charge in [-0.3, -0.25) is 4.79 Å². The number of thioether (sulfide) groups is 1. The van der Waals surface area contributed by atoms with E-state index in [0.29, 0.717) is 23.9 Å². The fraction of sp³-hybridized carbons (Fsp3) is 0.647. The molecule has 1 aromatic rings. The third-order valence-electron chi connectivity index (χ3n) is 4.96. The van der Waals surface area contributed by atoms with Gasteiger partial charge in [-0.2, -0.15) is 0 Å². The summed E-state index contributed by atoms with van der Waals surface area (Å²) in [5.74, 6) is -0.112. The molecule has 25 heavy (non-hydrogen) atoms. The van der Waals surface area contributed by atoms with Gasteiger partial charge >= 0.3 is 6.09 Å². The van der Waals surface area contributed by atoms with Gasteiger partial charge in [-0.1, -0.05) is 32.5 Å². The van der Waals surface area contributed by atoms with E-state index >= 15 is 0 Å². The maximum absolute atomic E-state index is 13.0. The van der Waals surface area contributed by atoms with Gasteiger partial charge in [0.1, 0.15) is 5.69 Å². The number of rotatable bonds is 2. The van der Waals surface area contributed by atoms with Crippen molar-refractivity contribution < 1.29 is 14.7 Å². The molecule has 3 rings (SSSR count). The first-order valence-electron chi connectivity index (χ1n) is 8.44. The summed E-state index contributed by atoms with van der Waals surface area (Å²) in [6.45, 7) is 7.06. The van der Waals surface area contributed by atoms with Gasteiger partial charge < -0.3 is 14.9 Å². The monoisotopic (exact) mass is 364 g/mol. The number of piperidine rings is 1. The van der Waals surface area contributed by atoms with Gasteiger partial charge in [0, 0.05) is 18.3 Å². The SMILES string of the molecule is CSc1ncc2c(n1)C(=O)N(C1CCCN(C(=O)O)C1C(C)(C)C)C2. The van der Waals surface area contributed by atoms with Gasteiger partial charge in [-0.25, -0.2) is 14.8 Å². The van der Waals surface area contributed by atoms with Crippen molar-refractivity contribution in [3.8, 4) is 0 Å². The number of aromatic nitrogens is 2. The lowest BCUT2D eigenvalue weighted by molar-refractivity contribution is -0.00342. The predicted molar refractivity (Wildman–Crippen MR) is 94.7 cm³/mol. The van der Waals surface area contributed by atoms with Gasteiger partial charge in [0.15, 0.2) is 5.16 Å². The second-order valence-corrected chi connectivity index (χ2v) is 8.43. The van der Waals surface area contributed by atoms with Crippen LogP contribution in [0.3, 0.4) is 0 Å². The largest absolute Gasteiger partial charge is 0.465 e. The van der Waals surface area contributed by atoms with Gasteiger partial charge in [-0.15, -0.1) is 0 Å². The predicted octanol–water partition coefficient (Wildman–Crippen LogP) is 2.71. The Morgan fingerprint density at radius 2 is 2.12 bits per heavy atom. The maximum atomic E-state index is 13.0. The van der Waals surface area contributed by atoms with Crippen LogP contribution < -0.4 is 0 Å². The molecule has 0 spiro atoms. The molecule has 2 amide bonds. The van der Waals surface area contributed by atoms with E-state index in [1.807, 2.05) is 27.0 Å². The molecule has 2 aliphatic rings. The molecular formula is C17H24N4O3S. The Hall–Kier alpha value is -1.83. The van der Waals surface area contributed by atoms with E-state index in [1.54, 1.807) is 11.1 Å². The zero-order valence-electron chi connectivity index (χ0n) is 15.0. The van der Waals surface area contributed by atoms with Crippen LogP contribution in [0.2, 0.25) is 0 Å². The van der Waals surface area contributed by atoms with E-state index in [-0.39, 0.29) is 23.4 Å². The lowest BCUT2D eigenvalue weighted by Gasteiger charge is -2.49. The molecule has 8 heteroatoms. The lowest BCUT2D eigenvalue weighted by atomic mass is 9.77. The second kappa shape index (κ2) is 6.48. The number of carbonyl (C=O) groups is 2. The topological polar surface area (TPSA) is 86.6 Å². The van der Waals surface area contributed by atoms with E-state index in [9.17, 15) is 14.7 Å². The summed E-state index contributed by atoms with van der Waals surface area (Å²) in [5.41, 5.74) is 1.01. The summed E-state index contributed by atoms with van der Waals surface area (Å²) in [6, 6.07) is -0.394. The third-order valence-corrected chi connectivity index (χ3v) is 5.52. The molecule has 0 radical (unpaired) electrons. The van der Waals surface area contributed by atoms with Gasteiger partial charge in [0.2, 0.25) is 0 Å². The molecule has 1 aromatic heterocycles. The average Bonchev–Trinajstić information content (AvgIpc) is 2.89. The minimum absolute atomic E-state index is 0.112. The number of likely N-dealkylation sites (tertiary alicyclic amines) is 1. The summed E-state index contributed by atoms with van der Waals surface area (Å²) in [5, 5.41) is 10.2. The Morgan fingerprint density at radius 3 is 2.72 bits per heavy atom. The molecule has 136 valence electrons. The van der Waals surface area contributed by atoms with Crippen molar-refractivity contribution in [1.29, 1.82) is 0 Å². The molecule has 0 aliphatic carbocycles. The molecule has 7 nitrogen and oxygen atoms in total. The molecule has 2 aliphatic heterocycles. The highest BCUT2D eigenvalue weighted by Gasteiger charge is 2.47. The fourth-order valence-corrected chi connectivity index (χ4v) is 4.35. The Bertz CT molecular complexity index is 704. The molecule has 0 saturated carbocycles. The Balaban J connectivity index is 1.94. The molecule has 0 aromatic carbocycles. The highest BCUT2D eigenvalue weighted by molar-refractivity contribution is 7.98. The Labute approximate surface area is 151 Å². The minimum Gasteiger partial charge on any atom is -0.465 e. The van der Waals surface area contributed by atoms with E-state index in [4.69, 9.17) is 0 Å². The lowest BCUT2D eigenvalue weighted by Crippen LogP contribution is -2.61. The molecule has 2 atom stereocenters. The Kier molecular flexibility index (Phi) is 4.66. The summed E-state index contributed by atoms with van der Waals surface area (Å²) < 4.78 is 0. The van der Waals surface area contributed by atoms with Gasteiger partial charge in [0.05, 0.1) is 18.6 Å². The average molecular weight is 364 g/mol. The van der Waals surface area contributed by atoms with Crippen LogP contribution in [0, 0.1) is 5.41 Å². The van der Waals surface area contributed by atoms with E-state index in [1.165, 1.54) is 16.7 Å². The zero-order valence-corrected chi connectivity index (χ0v) is 15.8. The number of carboxylic acid groups (broad SMARTS) is 1. The fourth-order valence-electron chi connectivity index (χ4n) is 4.01. The van der Waals surface area contributed by atoms with Crippen molar-refractivity contribution >= 4 is 23.8 Å². The number of amides is 2. The van der Waals surface area contributed by atoms with Crippen molar-refractivity contribution in [2.24, 2.45) is 5.41 Å². The number of carbonyl (C=O) groups excluding carboxylic acids is 1. The molecule has 3 heterocycles. The van der Waals surface area contributed by atoms with Gasteiger partial charge in [-0.05, 0) is 24.5 Å². The van der Waals surface area contributed by atoms with Crippen LogP contribution in [0.4, 0.5) is 4.79 Å². The van der Waals surface area contributed by atoms with Gasteiger partial charge in [0.25, 0.3) is 5.91 Å². The van der Waals surface area contributed by atoms with Crippen LogP contribution >= 0.6 is 11.8 Å². The molecule has 1 fully saturated rings. The number of fused-ring (bicyclic) bond motifs is 1. The second-order valence-electron chi connectivity index (χ2n) is 7.66. The molecule has 1 N–H and O–H groups in total. The van der Waals surface area contributed by atoms with Crippen molar-refractivity contribution in [3.63, 3.8) is 0 Å². The van der Waals surface area contributed by atoms with Crippen LogP contribution in [0.25, 0.3) is 0 Å². The zero-order chi connectivity index (χ0) is 18.4. The summed E-state index contributed by atoms with van der Waals surface area (Å²) in [4.78, 5) is 36.7. The van der Waals surface area contributed by atoms with Crippen LogP contribution in [0.5, 0.6) is 0 Å². The van der Waals surface area contributed by atoms with Crippen LogP contribution in [0.1, 0.15) is 49.7 Å². The Morgan fingerprint density at radius 1 is 1.40 bits per heavy atom. The molecule has 1 saturated heterocycles. The van der Waals surface area contributed by atoms with Crippen molar-refractivity contribution in [1.82, 2.24) is 19.8 Å². The molecular weight excluding hydrogens is 340 g/mol. The number of hydrogen-bond donors (Lipinski definition) is 1. The molecule has 2 unspecified atom stereocenters. The summed E-state index contributed by atoms with van der Waals surface area (Å²) in [6.07, 6.45) is 4.23. The van der Waals surface area contributed by atoms with Crippen molar-refractivity contribution in [2.75, 3.05) is 12.8 Å². The van der Waals surface area contributed by atoms with Crippen molar-refractivity contribution in [3.05, 3.63) is 17.5 Å². The summed E-state index contributed by atoms with van der Waals surface area (Å²) >= 11 is 1.40. The van der Waals surface area contributed by atoms with Crippen molar-refractivity contribution in [2.45, 2.75) is 57.4 Å². The first kappa shape index (κ1) is 18.0.